The van der Waals surface area contributed by atoms with Gasteiger partial charge in [0.05, 0.1) is 17.4 Å². The topological polar surface area (TPSA) is 57.8 Å². The number of hydrogen-bond acceptors (Lipinski definition) is 3. The van der Waals surface area contributed by atoms with Crippen molar-refractivity contribution < 1.29 is 0 Å². The van der Waals surface area contributed by atoms with Crippen molar-refractivity contribution >= 4 is 22.5 Å². The summed E-state index contributed by atoms with van der Waals surface area (Å²) in [5.74, 6) is 0.617. The third-order valence-corrected chi connectivity index (χ3v) is 4.25. The zero-order valence-electron chi connectivity index (χ0n) is 13.6. The van der Waals surface area contributed by atoms with Gasteiger partial charge in [-0.2, -0.15) is 0 Å². The summed E-state index contributed by atoms with van der Waals surface area (Å²) in [6.45, 7) is 2.66. The Balaban J connectivity index is 1.82. The molecule has 0 saturated carbocycles. The summed E-state index contributed by atoms with van der Waals surface area (Å²) < 4.78 is 0. The van der Waals surface area contributed by atoms with E-state index in [0.717, 1.165) is 12.8 Å². The molecule has 0 bridgehead atoms. The van der Waals surface area contributed by atoms with Crippen molar-refractivity contribution in [2.24, 2.45) is 0 Å². The van der Waals surface area contributed by atoms with Gasteiger partial charge >= 0.3 is 0 Å². The Kier molecular flexibility index (Phi) is 5.28. The molecule has 1 heterocycles. The molecule has 24 heavy (non-hydrogen) atoms. The quantitative estimate of drug-likeness (QED) is 0.706. The predicted molar refractivity (Wildman–Crippen MR) is 98.3 cm³/mol. The molecule has 0 radical (unpaired) electrons. The highest BCUT2D eigenvalue weighted by molar-refractivity contribution is 6.31. The maximum absolute atomic E-state index is 12.2. The van der Waals surface area contributed by atoms with Gasteiger partial charge in [-0.3, -0.25) is 4.79 Å². The van der Waals surface area contributed by atoms with E-state index in [9.17, 15) is 4.79 Å². The molecule has 4 nitrogen and oxygen atoms in total. The summed E-state index contributed by atoms with van der Waals surface area (Å²) in [4.78, 5) is 19.6. The van der Waals surface area contributed by atoms with Crippen molar-refractivity contribution in [2.75, 3.05) is 0 Å². The average molecular weight is 342 g/mol. The number of benzene rings is 2. The van der Waals surface area contributed by atoms with E-state index >= 15 is 0 Å². The van der Waals surface area contributed by atoms with Crippen LogP contribution < -0.4 is 10.9 Å². The standard InChI is InChI=1S/C19H20ClN3O/c1-2-6-16(13-7-4-3-5-8-13)21-12-18-22-17-11-14(20)9-10-15(17)19(24)23-18/h3-5,7-11,16,21H,2,6,12H2,1H3,(H,22,23,24)/t16-/m0/s1. The Bertz CT molecular complexity index is 877. The second-order valence-corrected chi connectivity index (χ2v) is 6.24. The summed E-state index contributed by atoms with van der Waals surface area (Å²) in [5, 5.41) is 4.62. The third-order valence-electron chi connectivity index (χ3n) is 4.01. The van der Waals surface area contributed by atoms with E-state index in [1.807, 2.05) is 18.2 Å². The fourth-order valence-corrected chi connectivity index (χ4v) is 2.99. The largest absolute Gasteiger partial charge is 0.309 e. The highest BCUT2D eigenvalue weighted by Gasteiger charge is 2.11. The Morgan fingerprint density at radius 3 is 2.75 bits per heavy atom. The van der Waals surface area contributed by atoms with Gasteiger partial charge in [0, 0.05) is 11.1 Å². The fraction of sp³-hybridized carbons (Fsp3) is 0.263. The molecule has 1 atom stereocenters. The van der Waals surface area contributed by atoms with Crippen LogP contribution in [0.2, 0.25) is 5.02 Å². The first kappa shape index (κ1) is 16.7. The molecule has 0 fully saturated rings. The molecule has 0 saturated heterocycles. The number of nitrogens with one attached hydrogen (secondary N) is 2. The van der Waals surface area contributed by atoms with Crippen molar-refractivity contribution in [3.63, 3.8) is 0 Å². The second-order valence-electron chi connectivity index (χ2n) is 5.81. The SMILES string of the molecule is CCC[C@H](NCc1nc2cc(Cl)ccc2c(=O)[nH]1)c1ccccc1. The van der Waals surface area contributed by atoms with Crippen LogP contribution in [0.4, 0.5) is 0 Å². The van der Waals surface area contributed by atoms with E-state index in [4.69, 9.17) is 11.6 Å². The van der Waals surface area contributed by atoms with Crippen LogP contribution in [0.15, 0.2) is 53.3 Å². The van der Waals surface area contributed by atoms with Gasteiger partial charge in [-0.1, -0.05) is 55.3 Å². The van der Waals surface area contributed by atoms with E-state index < -0.39 is 0 Å². The van der Waals surface area contributed by atoms with Crippen LogP contribution in [-0.4, -0.2) is 9.97 Å². The number of hydrogen-bond donors (Lipinski definition) is 2. The lowest BCUT2D eigenvalue weighted by atomic mass is 10.0. The molecule has 3 rings (SSSR count). The second kappa shape index (κ2) is 7.60. The normalized spacial score (nSPS) is 12.4. The summed E-state index contributed by atoms with van der Waals surface area (Å²) in [6, 6.07) is 15.7. The third kappa shape index (κ3) is 3.83. The van der Waals surface area contributed by atoms with Crippen molar-refractivity contribution in [2.45, 2.75) is 32.4 Å². The van der Waals surface area contributed by atoms with Crippen molar-refractivity contribution in [1.82, 2.24) is 15.3 Å². The molecule has 0 aliphatic heterocycles. The van der Waals surface area contributed by atoms with Gasteiger partial charge in [-0.05, 0) is 30.2 Å². The summed E-state index contributed by atoms with van der Waals surface area (Å²) in [7, 11) is 0. The van der Waals surface area contributed by atoms with E-state index in [2.05, 4.69) is 34.3 Å². The molecule has 2 N–H and O–H groups in total. The first-order valence-corrected chi connectivity index (χ1v) is 8.52. The van der Waals surface area contributed by atoms with E-state index in [-0.39, 0.29) is 11.6 Å². The number of halogens is 1. The highest BCUT2D eigenvalue weighted by atomic mass is 35.5. The molecule has 0 amide bonds. The van der Waals surface area contributed by atoms with E-state index in [1.165, 1.54) is 5.56 Å². The summed E-state index contributed by atoms with van der Waals surface area (Å²) in [5.41, 5.74) is 1.72. The lowest BCUT2D eigenvalue weighted by Gasteiger charge is -2.18. The van der Waals surface area contributed by atoms with Crippen LogP contribution in [0.5, 0.6) is 0 Å². The first-order chi connectivity index (χ1) is 11.7. The molecule has 2 aromatic carbocycles. The molecule has 5 heteroatoms. The molecule has 1 aromatic heterocycles. The van der Waals surface area contributed by atoms with Gasteiger partial charge in [0.15, 0.2) is 0 Å². The minimum Gasteiger partial charge on any atom is -0.309 e. The molecule has 3 aromatic rings. The Hall–Kier alpha value is -2.17. The van der Waals surface area contributed by atoms with Gasteiger partial charge < -0.3 is 10.3 Å². The van der Waals surface area contributed by atoms with Crippen molar-refractivity contribution in [3.8, 4) is 0 Å². The number of H-pyrrole nitrogens is 1. The molecular formula is C19H20ClN3O. The van der Waals surface area contributed by atoms with Gasteiger partial charge in [-0.15, -0.1) is 0 Å². The predicted octanol–water partition coefficient (Wildman–Crippen LogP) is 4.21. The average Bonchev–Trinajstić information content (AvgIpc) is 2.59. The van der Waals surface area contributed by atoms with Crippen molar-refractivity contribution in [3.05, 3.63) is 75.3 Å². The van der Waals surface area contributed by atoms with Gasteiger partial charge in [0.1, 0.15) is 5.82 Å². The number of fused-ring (bicyclic) bond motifs is 1. The first-order valence-electron chi connectivity index (χ1n) is 8.14. The Morgan fingerprint density at radius 2 is 2.00 bits per heavy atom. The Labute approximate surface area is 145 Å². The Morgan fingerprint density at radius 1 is 1.21 bits per heavy atom. The molecule has 0 aliphatic carbocycles. The van der Waals surface area contributed by atoms with Crippen molar-refractivity contribution in [1.29, 1.82) is 0 Å². The summed E-state index contributed by atoms with van der Waals surface area (Å²) >= 11 is 6.00. The van der Waals surface area contributed by atoms with Crippen LogP contribution >= 0.6 is 11.6 Å². The monoisotopic (exact) mass is 341 g/mol. The van der Waals surface area contributed by atoms with Gasteiger partial charge in [0.2, 0.25) is 0 Å². The molecule has 124 valence electrons. The fourth-order valence-electron chi connectivity index (χ4n) is 2.83. The van der Waals surface area contributed by atoms with E-state index in [0.29, 0.717) is 28.3 Å². The van der Waals surface area contributed by atoms with Gasteiger partial charge in [0.25, 0.3) is 5.56 Å². The smallest absolute Gasteiger partial charge is 0.258 e. The molecule has 0 spiro atoms. The van der Waals surface area contributed by atoms with Crippen LogP contribution in [0.1, 0.15) is 37.2 Å². The highest BCUT2D eigenvalue weighted by Crippen LogP contribution is 2.19. The maximum atomic E-state index is 12.2. The summed E-state index contributed by atoms with van der Waals surface area (Å²) in [6.07, 6.45) is 2.09. The number of aromatic nitrogens is 2. The number of aromatic amines is 1. The van der Waals surface area contributed by atoms with Crippen LogP contribution in [0.25, 0.3) is 10.9 Å². The zero-order valence-corrected chi connectivity index (χ0v) is 14.3. The lowest BCUT2D eigenvalue weighted by molar-refractivity contribution is 0.485. The minimum absolute atomic E-state index is 0.139. The van der Waals surface area contributed by atoms with Crippen LogP contribution in [0.3, 0.4) is 0 Å². The molecule has 0 aliphatic rings. The zero-order chi connectivity index (χ0) is 16.9. The lowest BCUT2D eigenvalue weighted by Crippen LogP contribution is -2.24. The van der Waals surface area contributed by atoms with Crippen LogP contribution in [-0.2, 0) is 6.54 Å². The van der Waals surface area contributed by atoms with Crippen LogP contribution in [0, 0.1) is 0 Å². The molecule has 0 unspecified atom stereocenters. The number of rotatable bonds is 6. The van der Waals surface area contributed by atoms with E-state index in [1.54, 1.807) is 18.2 Å². The van der Waals surface area contributed by atoms with Gasteiger partial charge in [-0.25, -0.2) is 4.98 Å². The minimum atomic E-state index is -0.139. The molecular weight excluding hydrogens is 322 g/mol. The maximum Gasteiger partial charge on any atom is 0.258 e. The number of nitrogens with zero attached hydrogens (tertiary/aromatic N) is 1.